The maximum atomic E-state index is 13.8. The van der Waals surface area contributed by atoms with E-state index in [4.69, 9.17) is 22.1 Å². The average molecular weight is 371 g/mol. The molecule has 0 spiro atoms. The van der Waals surface area contributed by atoms with E-state index < -0.39 is 5.82 Å². The highest BCUT2D eigenvalue weighted by molar-refractivity contribution is 9.10. The number of anilines is 1. The van der Waals surface area contributed by atoms with Gasteiger partial charge in [-0.15, -0.1) is 0 Å². The fourth-order valence-electron chi connectivity index (χ4n) is 2.17. The number of ether oxygens (including phenoxy) is 1. The molecule has 2 aromatic carbocycles. The molecule has 0 radical (unpaired) electrons. The highest BCUT2D eigenvalue weighted by Gasteiger charge is 2.16. The summed E-state index contributed by atoms with van der Waals surface area (Å²) in [6.07, 6.45) is 0. The number of hydrogen-bond donors (Lipinski definition) is 1. The Morgan fingerprint density at radius 1 is 1.33 bits per heavy atom. The smallest absolute Gasteiger partial charge is 0.205 e. The Hall–Kier alpha value is -1.79. The van der Waals surface area contributed by atoms with E-state index in [0.29, 0.717) is 16.1 Å². The van der Waals surface area contributed by atoms with Gasteiger partial charge in [0.1, 0.15) is 0 Å². The molecule has 0 aliphatic carbocycles. The molecule has 1 heterocycles. The first-order valence-electron chi connectivity index (χ1n) is 5.98. The first kappa shape index (κ1) is 14.2. The fraction of sp³-hybridized carbons (Fsp3) is 0.0714. The molecule has 0 bridgehead atoms. The largest absolute Gasteiger partial charge is 0.494 e. The van der Waals surface area contributed by atoms with Crippen LogP contribution in [0.25, 0.3) is 16.7 Å². The summed E-state index contributed by atoms with van der Waals surface area (Å²) in [6, 6.07) is 8.16. The lowest BCUT2D eigenvalue weighted by molar-refractivity contribution is 0.387. The van der Waals surface area contributed by atoms with Crippen molar-refractivity contribution in [3.63, 3.8) is 0 Å². The summed E-state index contributed by atoms with van der Waals surface area (Å²) in [5, 5.41) is 0.595. The van der Waals surface area contributed by atoms with Crippen molar-refractivity contribution in [1.82, 2.24) is 9.55 Å². The molecule has 4 nitrogen and oxygen atoms in total. The zero-order valence-corrected chi connectivity index (χ0v) is 13.2. The molecular formula is C14H10BrClFN3O. The van der Waals surface area contributed by atoms with E-state index in [9.17, 15) is 4.39 Å². The SMILES string of the molecule is COc1cc2c(cc1F)nc(N)n2-c1ccc(Cl)cc1Br. The van der Waals surface area contributed by atoms with Crippen LogP contribution in [-0.2, 0) is 0 Å². The van der Waals surface area contributed by atoms with Crippen LogP contribution >= 0.6 is 27.5 Å². The monoisotopic (exact) mass is 369 g/mol. The van der Waals surface area contributed by atoms with E-state index >= 15 is 0 Å². The average Bonchev–Trinajstić information content (AvgIpc) is 2.73. The summed E-state index contributed by atoms with van der Waals surface area (Å²) < 4.78 is 21.2. The number of rotatable bonds is 2. The summed E-state index contributed by atoms with van der Waals surface area (Å²) in [5.74, 6) is -0.0979. The number of fused-ring (bicyclic) bond motifs is 1. The van der Waals surface area contributed by atoms with Gasteiger partial charge in [-0.1, -0.05) is 11.6 Å². The zero-order chi connectivity index (χ0) is 15.1. The molecule has 3 aromatic rings. The summed E-state index contributed by atoms with van der Waals surface area (Å²) in [6.45, 7) is 0. The van der Waals surface area contributed by atoms with Crippen LogP contribution in [0.5, 0.6) is 5.75 Å². The second-order valence-corrected chi connectivity index (χ2v) is 5.67. The van der Waals surface area contributed by atoms with E-state index in [0.717, 1.165) is 10.2 Å². The first-order valence-corrected chi connectivity index (χ1v) is 7.15. The zero-order valence-electron chi connectivity index (χ0n) is 10.9. The lowest BCUT2D eigenvalue weighted by Gasteiger charge is -2.10. The molecular weight excluding hydrogens is 361 g/mol. The van der Waals surface area contributed by atoms with Crippen molar-refractivity contribution in [2.45, 2.75) is 0 Å². The molecule has 7 heteroatoms. The van der Waals surface area contributed by atoms with Gasteiger partial charge in [0, 0.05) is 21.6 Å². The minimum absolute atomic E-state index is 0.133. The number of aromatic nitrogens is 2. The molecule has 0 atom stereocenters. The van der Waals surface area contributed by atoms with Crippen molar-refractivity contribution in [1.29, 1.82) is 0 Å². The number of hydrogen-bond acceptors (Lipinski definition) is 3. The van der Waals surface area contributed by atoms with Crippen LogP contribution < -0.4 is 10.5 Å². The maximum absolute atomic E-state index is 13.8. The van der Waals surface area contributed by atoms with Crippen LogP contribution in [0.3, 0.4) is 0 Å². The Balaban J connectivity index is 2.33. The Bertz CT molecular complexity index is 850. The van der Waals surface area contributed by atoms with E-state index in [1.807, 2.05) is 0 Å². The summed E-state index contributed by atoms with van der Waals surface area (Å²) >= 11 is 9.39. The van der Waals surface area contributed by atoms with Crippen molar-refractivity contribution in [2.75, 3.05) is 12.8 Å². The van der Waals surface area contributed by atoms with E-state index in [1.54, 1.807) is 28.8 Å². The number of imidazole rings is 1. The minimum atomic E-state index is -0.482. The molecule has 21 heavy (non-hydrogen) atoms. The van der Waals surface area contributed by atoms with Gasteiger partial charge in [-0.3, -0.25) is 4.57 Å². The number of nitrogens with zero attached hydrogens (tertiary/aromatic N) is 2. The van der Waals surface area contributed by atoms with Crippen molar-refractivity contribution in [3.05, 3.63) is 45.6 Å². The van der Waals surface area contributed by atoms with Gasteiger partial charge >= 0.3 is 0 Å². The third-order valence-electron chi connectivity index (χ3n) is 3.10. The highest BCUT2D eigenvalue weighted by Crippen LogP contribution is 2.32. The number of benzene rings is 2. The van der Waals surface area contributed by atoms with Crippen molar-refractivity contribution >= 4 is 44.5 Å². The summed E-state index contributed by atoms with van der Waals surface area (Å²) in [4.78, 5) is 4.18. The Morgan fingerprint density at radius 3 is 2.76 bits per heavy atom. The van der Waals surface area contributed by atoms with Gasteiger partial charge in [0.2, 0.25) is 5.95 Å². The summed E-state index contributed by atoms with van der Waals surface area (Å²) in [5.41, 5.74) is 7.82. The van der Waals surface area contributed by atoms with Crippen molar-refractivity contribution in [3.8, 4) is 11.4 Å². The second-order valence-electron chi connectivity index (χ2n) is 4.38. The van der Waals surface area contributed by atoms with Gasteiger partial charge in [-0.25, -0.2) is 9.37 Å². The molecule has 0 aliphatic rings. The van der Waals surface area contributed by atoms with Crippen molar-refractivity contribution in [2.24, 2.45) is 0 Å². The van der Waals surface area contributed by atoms with Gasteiger partial charge in [-0.05, 0) is 34.1 Å². The van der Waals surface area contributed by atoms with Crippen LogP contribution in [0.15, 0.2) is 34.8 Å². The quantitative estimate of drug-likeness (QED) is 0.736. The fourth-order valence-corrected chi connectivity index (χ4v) is 3.03. The Kier molecular flexibility index (Phi) is 3.51. The summed E-state index contributed by atoms with van der Waals surface area (Å²) in [7, 11) is 1.41. The van der Waals surface area contributed by atoms with Gasteiger partial charge in [-0.2, -0.15) is 0 Å². The third-order valence-corrected chi connectivity index (χ3v) is 3.97. The maximum Gasteiger partial charge on any atom is 0.205 e. The van der Waals surface area contributed by atoms with Crippen molar-refractivity contribution < 1.29 is 9.13 Å². The molecule has 0 fully saturated rings. The normalized spacial score (nSPS) is 11.0. The number of methoxy groups -OCH3 is 1. The van der Waals surface area contributed by atoms with Crippen LogP contribution in [0.1, 0.15) is 0 Å². The molecule has 0 unspecified atom stereocenters. The van der Waals surface area contributed by atoms with Crippen LogP contribution in [0.4, 0.5) is 10.3 Å². The Labute approximate surface area is 133 Å². The first-order chi connectivity index (χ1) is 10.0. The number of halogens is 3. The van der Waals surface area contributed by atoms with Gasteiger partial charge < -0.3 is 10.5 Å². The van der Waals surface area contributed by atoms with E-state index in [2.05, 4.69) is 20.9 Å². The molecule has 0 aliphatic heterocycles. The van der Waals surface area contributed by atoms with Crippen LogP contribution in [0.2, 0.25) is 5.02 Å². The van der Waals surface area contributed by atoms with Crippen LogP contribution in [0, 0.1) is 5.82 Å². The lowest BCUT2D eigenvalue weighted by atomic mass is 10.2. The van der Waals surface area contributed by atoms with Crippen LogP contribution in [-0.4, -0.2) is 16.7 Å². The molecule has 1 aromatic heterocycles. The predicted molar refractivity (Wildman–Crippen MR) is 84.7 cm³/mol. The standard InChI is InChI=1S/C14H10BrClFN3O/c1-21-13-6-12-10(5-9(13)17)19-14(18)20(12)11-3-2-7(16)4-8(11)15/h2-6H,1H3,(H2,18,19). The molecule has 0 saturated heterocycles. The number of nitrogens with two attached hydrogens (primary N) is 1. The molecule has 0 saturated carbocycles. The van der Waals surface area contributed by atoms with E-state index in [1.165, 1.54) is 13.2 Å². The molecule has 3 rings (SSSR count). The van der Waals surface area contributed by atoms with Gasteiger partial charge in [0.15, 0.2) is 11.6 Å². The molecule has 0 amide bonds. The highest BCUT2D eigenvalue weighted by atomic mass is 79.9. The second kappa shape index (κ2) is 5.20. The van der Waals surface area contributed by atoms with Gasteiger partial charge in [0.25, 0.3) is 0 Å². The third kappa shape index (κ3) is 2.34. The Morgan fingerprint density at radius 2 is 2.10 bits per heavy atom. The van der Waals surface area contributed by atoms with Gasteiger partial charge in [0.05, 0.1) is 23.8 Å². The minimum Gasteiger partial charge on any atom is -0.494 e. The topological polar surface area (TPSA) is 53.1 Å². The predicted octanol–water partition coefficient (Wildman–Crippen LogP) is 4.17. The number of nitrogen functional groups attached to an aromatic ring is 1. The van der Waals surface area contributed by atoms with E-state index in [-0.39, 0.29) is 11.7 Å². The molecule has 2 N–H and O–H groups in total. The molecule has 108 valence electrons. The lowest BCUT2D eigenvalue weighted by Crippen LogP contribution is -2.01.